The highest BCUT2D eigenvalue weighted by atomic mass is 16.5. The maximum absolute atomic E-state index is 12.5. The minimum Gasteiger partial charge on any atom is -0.466 e. The van der Waals surface area contributed by atoms with E-state index in [0.29, 0.717) is 17.8 Å². The fraction of sp³-hybridized carbons (Fsp3) is 0.250. The molecule has 2 aromatic heterocycles. The van der Waals surface area contributed by atoms with E-state index in [1.807, 2.05) is 49.5 Å². The minimum atomic E-state index is -0.778. The average molecular weight is 497 g/mol. The van der Waals surface area contributed by atoms with Gasteiger partial charge in [0.05, 0.1) is 30.0 Å². The Balaban J connectivity index is 1.74. The number of nitrogens with zero attached hydrogens (tertiary/aromatic N) is 5. The van der Waals surface area contributed by atoms with E-state index in [1.165, 1.54) is 0 Å². The molecule has 0 fully saturated rings. The molecule has 0 amide bonds. The molecule has 9 heteroatoms. The molecule has 0 radical (unpaired) electrons. The summed E-state index contributed by atoms with van der Waals surface area (Å²) in [5.41, 5.74) is 4.66. The van der Waals surface area contributed by atoms with E-state index in [4.69, 9.17) is 4.74 Å². The Hall–Kier alpha value is -4.71. The lowest BCUT2D eigenvalue weighted by Gasteiger charge is -2.27. The number of aromatic nitrogens is 2. The third kappa shape index (κ3) is 5.43. The summed E-state index contributed by atoms with van der Waals surface area (Å²) in [6, 6.07) is 19.8. The van der Waals surface area contributed by atoms with Crippen LogP contribution in [0, 0.1) is 23.2 Å². The van der Waals surface area contributed by atoms with Crippen LogP contribution in [0.5, 0.6) is 0 Å². The molecule has 9 nitrogen and oxygen atoms in total. The lowest BCUT2D eigenvalue weighted by molar-refractivity contribution is -0.143. The molecule has 1 N–H and O–H groups in total. The largest absolute Gasteiger partial charge is 0.466 e. The molecule has 0 aliphatic rings. The van der Waals surface area contributed by atoms with Crippen LogP contribution in [0.3, 0.4) is 0 Å². The zero-order valence-corrected chi connectivity index (χ0v) is 21.0. The number of pyridine rings is 1. The molecule has 0 aliphatic carbocycles. The summed E-state index contributed by atoms with van der Waals surface area (Å²) in [7, 11) is 2.00. The van der Waals surface area contributed by atoms with E-state index in [-0.39, 0.29) is 24.5 Å². The fourth-order valence-electron chi connectivity index (χ4n) is 4.52. The third-order valence-corrected chi connectivity index (χ3v) is 6.21. The molecule has 0 spiro atoms. The Morgan fingerprint density at radius 2 is 1.97 bits per heavy atom. The normalized spacial score (nSPS) is 11.5. The molecule has 2 aromatic carbocycles. The van der Waals surface area contributed by atoms with Gasteiger partial charge in [0.1, 0.15) is 11.8 Å². The van der Waals surface area contributed by atoms with Crippen LogP contribution in [0.4, 0.5) is 11.5 Å². The number of nitrogens with one attached hydrogen (secondary N) is 1. The topological polar surface area (TPSA) is 113 Å². The van der Waals surface area contributed by atoms with Crippen molar-refractivity contribution in [2.75, 3.05) is 16.9 Å². The van der Waals surface area contributed by atoms with E-state index >= 15 is 0 Å². The zero-order chi connectivity index (χ0) is 26.4. The molecular formula is C28H28N6O3. The first-order valence-corrected chi connectivity index (χ1v) is 12.0. The van der Waals surface area contributed by atoms with Crippen LogP contribution in [0.25, 0.3) is 10.9 Å². The molecule has 37 heavy (non-hydrogen) atoms. The van der Waals surface area contributed by atoms with Crippen molar-refractivity contribution in [2.45, 2.75) is 32.9 Å². The predicted octanol–water partition coefficient (Wildman–Crippen LogP) is 5.55. The molecular weight excluding hydrogens is 468 g/mol. The summed E-state index contributed by atoms with van der Waals surface area (Å²) in [6.45, 7) is 4.45. The summed E-state index contributed by atoms with van der Waals surface area (Å²) in [5, 5.41) is 18.4. The summed E-state index contributed by atoms with van der Waals surface area (Å²) >= 11 is 0. The Bertz CT molecular complexity index is 1460. The Morgan fingerprint density at radius 1 is 1.19 bits per heavy atom. The van der Waals surface area contributed by atoms with E-state index in [1.54, 1.807) is 19.1 Å². The summed E-state index contributed by atoms with van der Waals surface area (Å²) < 4.78 is 7.23. The lowest BCUT2D eigenvalue weighted by atomic mass is 10.0. The molecule has 0 aliphatic heterocycles. The van der Waals surface area contributed by atoms with Gasteiger partial charge < -0.3 is 14.6 Å². The second kappa shape index (κ2) is 11.4. The maximum atomic E-state index is 12.5. The highest BCUT2D eigenvalue weighted by molar-refractivity contribution is 5.87. The van der Waals surface area contributed by atoms with Gasteiger partial charge in [-0.1, -0.05) is 42.5 Å². The molecule has 0 bridgehead atoms. The van der Waals surface area contributed by atoms with Gasteiger partial charge in [-0.25, -0.2) is 9.99 Å². The van der Waals surface area contributed by atoms with Gasteiger partial charge in [-0.3, -0.25) is 4.79 Å². The molecule has 1 atom stereocenters. The van der Waals surface area contributed by atoms with Gasteiger partial charge in [0.2, 0.25) is 0 Å². The maximum Gasteiger partial charge on any atom is 0.308 e. The number of hydrogen-bond donors (Lipinski definition) is 1. The number of hydrogen-bond acceptors (Lipinski definition) is 7. The van der Waals surface area contributed by atoms with Gasteiger partial charge in [0.25, 0.3) is 0 Å². The number of fused-ring (bicyclic) bond motifs is 1. The first-order valence-electron chi connectivity index (χ1n) is 12.0. The molecule has 4 rings (SSSR count). The highest BCUT2D eigenvalue weighted by Crippen LogP contribution is 2.35. The highest BCUT2D eigenvalue weighted by Gasteiger charge is 2.29. The van der Waals surface area contributed by atoms with Crippen molar-refractivity contribution in [2.24, 2.45) is 12.3 Å². The number of nitroso groups, excluding NO2 is 1. The second-order valence-corrected chi connectivity index (χ2v) is 8.63. The van der Waals surface area contributed by atoms with Crippen molar-refractivity contribution < 1.29 is 9.53 Å². The molecule has 2 heterocycles. The second-order valence-electron chi connectivity index (χ2n) is 8.63. The summed E-state index contributed by atoms with van der Waals surface area (Å²) in [4.78, 5) is 29.2. The van der Waals surface area contributed by atoms with Gasteiger partial charge in [-0.05, 0) is 48.7 Å². The van der Waals surface area contributed by atoms with Gasteiger partial charge in [-0.2, -0.15) is 5.26 Å². The minimum absolute atomic E-state index is 0.121. The van der Waals surface area contributed by atoms with Crippen molar-refractivity contribution in [3.63, 3.8) is 0 Å². The number of aryl methyl sites for hydroxylation is 2. The van der Waals surface area contributed by atoms with Crippen molar-refractivity contribution in [3.8, 4) is 6.07 Å². The van der Waals surface area contributed by atoms with E-state index in [9.17, 15) is 15.0 Å². The summed E-state index contributed by atoms with van der Waals surface area (Å²) in [5.74, 6) is -0.314. The number of anilines is 2. The summed E-state index contributed by atoms with van der Waals surface area (Å²) in [6.07, 6.45) is 1.94. The number of esters is 1. The zero-order valence-electron chi connectivity index (χ0n) is 21.0. The Labute approximate surface area is 215 Å². The van der Waals surface area contributed by atoms with E-state index in [0.717, 1.165) is 27.0 Å². The van der Waals surface area contributed by atoms with Gasteiger partial charge in [0, 0.05) is 30.7 Å². The lowest BCUT2D eigenvalue weighted by Crippen LogP contribution is -2.28. The van der Waals surface area contributed by atoms with Crippen LogP contribution in [0.2, 0.25) is 0 Å². The van der Waals surface area contributed by atoms with Crippen LogP contribution in [-0.2, 0) is 23.1 Å². The Morgan fingerprint density at radius 3 is 2.68 bits per heavy atom. The quantitative estimate of drug-likeness (QED) is 0.174. The van der Waals surface area contributed by atoms with Crippen LogP contribution in [-0.4, -0.2) is 22.1 Å². The fourth-order valence-corrected chi connectivity index (χ4v) is 4.52. The van der Waals surface area contributed by atoms with Crippen LogP contribution in [0.15, 0.2) is 72.1 Å². The molecule has 0 saturated heterocycles. The van der Waals surface area contributed by atoms with Crippen LogP contribution in [0.1, 0.15) is 41.8 Å². The predicted molar refractivity (Wildman–Crippen MR) is 143 cm³/mol. The molecule has 1 unspecified atom stereocenters. The van der Waals surface area contributed by atoms with Gasteiger partial charge in [-0.15, -0.1) is 4.91 Å². The molecule has 4 aromatic rings. The van der Waals surface area contributed by atoms with Crippen molar-refractivity contribution in [1.82, 2.24) is 9.55 Å². The Kier molecular flexibility index (Phi) is 7.79. The average Bonchev–Trinajstić information content (AvgIpc) is 3.24. The SMILES string of the molecule is CCOC(=O)CC(c1ccccc1)N(N=O)c1nc(C#N)ccc1NCc1cn(C)c2cccc(C)c12. The first kappa shape index (κ1) is 25.4. The van der Waals surface area contributed by atoms with Gasteiger partial charge in [0.15, 0.2) is 5.82 Å². The molecule has 188 valence electrons. The van der Waals surface area contributed by atoms with Crippen LogP contribution < -0.4 is 10.3 Å². The smallest absolute Gasteiger partial charge is 0.308 e. The van der Waals surface area contributed by atoms with Crippen molar-refractivity contribution in [1.29, 1.82) is 5.26 Å². The van der Waals surface area contributed by atoms with E-state index < -0.39 is 12.0 Å². The first-order chi connectivity index (χ1) is 18.0. The monoisotopic (exact) mass is 496 g/mol. The molecule has 0 saturated carbocycles. The number of carbonyl (C=O) groups is 1. The third-order valence-electron chi connectivity index (χ3n) is 6.21. The number of nitriles is 1. The van der Waals surface area contributed by atoms with E-state index in [2.05, 4.69) is 45.4 Å². The number of ether oxygens (including phenoxy) is 1. The number of rotatable bonds is 10. The standard InChI is InChI=1S/C28H28N6O3/c1-4-37-26(35)15-25(20-10-6-5-7-11-20)34(32-36)28-23(14-13-22(16-29)31-28)30-17-21-18-33(3)24-12-8-9-19(2)27(21)24/h5-14,18,25,30H,4,15,17H2,1-3H3. The van der Waals surface area contributed by atoms with Crippen molar-refractivity contribution in [3.05, 3.63) is 94.2 Å². The van der Waals surface area contributed by atoms with Gasteiger partial charge >= 0.3 is 5.97 Å². The number of carbonyl (C=O) groups excluding carboxylic acids is 1. The van der Waals surface area contributed by atoms with Crippen molar-refractivity contribution >= 4 is 28.4 Å². The van der Waals surface area contributed by atoms with Crippen LogP contribution >= 0.6 is 0 Å². The number of benzene rings is 2.